The summed E-state index contributed by atoms with van der Waals surface area (Å²) in [7, 11) is 1.72. The van der Waals surface area contributed by atoms with Crippen molar-refractivity contribution in [3.8, 4) is 0 Å². The molecule has 0 aromatic heterocycles. The lowest BCUT2D eigenvalue weighted by Gasteiger charge is -2.25. The van der Waals surface area contributed by atoms with Crippen LogP contribution in [-0.4, -0.2) is 47.7 Å². The quantitative estimate of drug-likeness (QED) is 0.588. The lowest BCUT2D eigenvalue weighted by Crippen LogP contribution is -2.47. The van der Waals surface area contributed by atoms with Crippen LogP contribution in [0.3, 0.4) is 0 Å². The summed E-state index contributed by atoms with van der Waals surface area (Å²) in [6.07, 6.45) is 6.67. The minimum Gasteiger partial charge on any atom is -0.480 e. The van der Waals surface area contributed by atoms with Crippen molar-refractivity contribution < 1.29 is 9.90 Å². The van der Waals surface area contributed by atoms with Gasteiger partial charge >= 0.3 is 5.97 Å². The predicted octanol–water partition coefficient (Wildman–Crippen LogP) is 2.09. The molecular formula is C14H28N2O2. The Bertz CT molecular complexity index is 267. The van der Waals surface area contributed by atoms with E-state index < -0.39 is 11.5 Å². The number of unbranched alkanes of at least 4 members (excludes halogenated alkanes) is 1. The molecule has 106 valence electrons. The molecule has 0 radical (unpaired) electrons. The third-order valence-corrected chi connectivity index (χ3v) is 3.97. The molecule has 18 heavy (non-hydrogen) atoms. The molecule has 1 atom stereocenters. The molecule has 0 bridgehead atoms. The van der Waals surface area contributed by atoms with Crippen LogP contribution in [0.15, 0.2) is 0 Å². The molecule has 1 aliphatic rings. The molecule has 1 fully saturated rings. The SMILES string of the molecule is CCCN(CCCCC(C)(NC)C(=O)O)C1CC1. The van der Waals surface area contributed by atoms with Crippen molar-refractivity contribution in [2.75, 3.05) is 20.1 Å². The molecule has 0 amide bonds. The fourth-order valence-electron chi connectivity index (χ4n) is 2.34. The summed E-state index contributed by atoms with van der Waals surface area (Å²) >= 11 is 0. The molecule has 4 nitrogen and oxygen atoms in total. The zero-order valence-electron chi connectivity index (χ0n) is 12.0. The summed E-state index contributed by atoms with van der Waals surface area (Å²) in [6, 6.07) is 0.820. The summed E-state index contributed by atoms with van der Waals surface area (Å²) in [5, 5.41) is 12.1. The second-order valence-electron chi connectivity index (χ2n) is 5.61. The molecule has 4 heteroatoms. The van der Waals surface area contributed by atoms with Gasteiger partial charge in [-0.1, -0.05) is 6.92 Å². The molecule has 2 N–H and O–H groups in total. The van der Waals surface area contributed by atoms with E-state index in [0.29, 0.717) is 6.42 Å². The van der Waals surface area contributed by atoms with Crippen LogP contribution in [0, 0.1) is 0 Å². The van der Waals surface area contributed by atoms with Gasteiger partial charge < -0.3 is 15.3 Å². The van der Waals surface area contributed by atoms with Gasteiger partial charge in [0.05, 0.1) is 0 Å². The fourth-order valence-corrected chi connectivity index (χ4v) is 2.34. The number of hydrogen-bond donors (Lipinski definition) is 2. The first-order valence-corrected chi connectivity index (χ1v) is 7.20. The normalized spacial score (nSPS) is 18.9. The van der Waals surface area contributed by atoms with Crippen LogP contribution in [0.5, 0.6) is 0 Å². The Labute approximate surface area is 111 Å². The van der Waals surface area contributed by atoms with E-state index in [2.05, 4.69) is 17.1 Å². The lowest BCUT2D eigenvalue weighted by atomic mass is 9.95. The summed E-state index contributed by atoms with van der Waals surface area (Å²) in [4.78, 5) is 13.7. The Morgan fingerprint density at radius 3 is 2.50 bits per heavy atom. The van der Waals surface area contributed by atoms with Crippen LogP contribution in [0.2, 0.25) is 0 Å². The zero-order valence-corrected chi connectivity index (χ0v) is 12.0. The van der Waals surface area contributed by atoms with Gasteiger partial charge in [0.25, 0.3) is 0 Å². The van der Waals surface area contributed by atoms with E-state index in [9.17, 15) is 4.79 Å². The molecule has 0 saturated heterocycles. The van der Waals surface area contributed by atoms with Crippen molar-refractivity contribution in [1.29, 1.82) is 0 Å². The highest BCUT2D eigenvalue weighted by atomic mass is 16.4. The minimum atomic E-state index is -0.769. The average molecular weight is 256 g/mol. The monoisotopic (exact) mass is 256 g/mol. The Kier molecular flexibility index (Phi) is 6.09. The Balaban J connectivity index is 2.22. The third kappa shape index (κ3) is 4.58. The van der Waals surface area contributed by atoms with Crippen LogP contribution in [0.4, 0.5) is 0 Å². The van der Waals surface area contributed by atoms with E-state index in [1.807, 2.05) is 0 Å². The molecule has 1 saturated carbocycles. The standard InChI is InChI=1S/C14H28N2O2/c1-4-10-16(12-7-8-12)11-6-5-9-14(2,15-3)13(17)18/h12,15H,4-11H2,1-3H3,(H,17,18). The van der Waals surface area contributed by atoms with E-state index in [-0.39, 0.29) is 0 Å². The number of aliphatic carboxylic acids is 1. The Morgan fingerprint density at radius 2 is 2.06 bits per heavy atom. The first-order chi connectivity index (χ1) is 8.53. The summed E-state index contributed by atoms with van der Waals surface area (Å²) in [5.74, 6) is -0.752. The fraction of sp³-hybridized carbons (Fsp3) is 0.929. The highest BCUT2D eigenvalue weighted by molar-refractivity contribution is 5.78. The van der Waals surface area contributed by atoms with E-state index >= 15 is 0 Å². The van der Waals surface area contributed by atoms with Gasteiger partial charge in [-0.05, 0) is 65.6 Å². The number of nitrogens with zero attached hydrogens (tertiary/aromatic N) is 1. The molecule has 0 aromatic rings. The highest BCUT2D eigenvalue weighted by Crippen LogP contribution is 2.27. The lowest BCUT2D eigenvalue weighted by molar-refractivity contribution is -0.144. The van der Waals surface area contributed by atoms with Gasteiger partial charge in [-0.25, -0.2) is 0 Å². The van der Waals surface area contributed by atoms with Crippen molar-refractivity contribution in [1.82, 2.24) is 10.2 Å². The van der Waals surface area contributed by atoms with Crippen molar-refractivity contribution in [2.45, 2.75) is 64.0 Å². The van der Waals surface area contributed by atoms with E-state index in [4.69, 9.17) is 5.11 Å². The maximum Gasteiger partial charge on any atom is 0.323 e. The number of rotatable bonds is 10. The third-order valence-electron chi connectivity index (χ3n) is 3.97. The number of carboxylic acid groups (broad SMARTS) is 1. The smallest absolute Gasteiger partial charge is 0.323 e. The number of likely N-dealkylation sites (N-methyl/N-ethyl adjacent to an activating group) is 1. The van der Waals surface area contributed by atoms with Gasteiger partial charge in [0, 0.05) is 6.04 Å². The van der Waals surface area contributed by atoms with Crippen molar-refractivity contribution in [3.63, 3.8) is 0 Å². The van der Waals surface area contributed by atoms with Gasteiger partial charge in [-0.3, -0.25) is 4.79 Å². The second-order valence-corrected chi connectivity index (χ2v) is 5.61. The van der Waals surface area contributed by atoms with E-state index in [1.54, 1.807) is 14.0 Å². The van der Waals surface area contributed by atoms with Crippen LogP contribution < -0.4 is 5.32 Å². The highest BCUT2D eigenvalue weighted by Gasteiger charge is 2.31. The Morgan fingerprint density at radius 1 is 1.39 bits per heavy atom. The minimum absolute atomic E-state index is 0.698. The number of hydrogen-bond acceptors (Lipinski definition) is 3. The largest absolute Gasteiger partial charge is 0.480 e. The van der Waals surface area contributed by atoms with Crippen molar-refractivity contribution in [2.24, 2.45) is 0 Å². The molecule has 0 spiro atoms. The molecule has 0 heterocycles. The maximum absolute atomic E-state index is 11.1. The Hall–Kier alpha value is -0.610. The molecule has 1 unspecified atom stereocenters. The summed E-state index contributed by atoms with van der Waals surface area (Å²) in [6.45, 7) is 6.29. The van der Waals surface area contributed by atoms with Gasteiger partial charge in [0.15, 0.2) is 0 Å². The van der Waals surface area contributed by atoms with Crippen LogP contribution >= 0.6 is 0 Å². The molecule has 0 aromatic carbocycles. The molecular weight excluding hydrogens is 228 g/mol. The van der Waals surface area contributed by atoms with Crippen molar-refractivity contribution in [3.05, 3.63) is 0 Å². The van der Waals surface area contributed by atoms with E-state index in [1.165, 1.54) is 25.8 Å². The van der Waals surface area contributed by atoms with Crippen molar-refractivity contribution >= 4 is 5.97 Å². The topological polar surface area (TPSA) is 52.6 Å². The summed E-state index contributed by atoms with van der Waals surface area (Å²) in [5.41, 5.74) is -0.769. The predicted molar refractivity (Wildman–Crippen MR) is 73.8 cm³/mol. The number of carbonyl (C=O) groups is 1. The maximum atomic E-state index is 11.1. The van der Waals surface area contributed by atoms with Gasteiger partial charge in [-0.2, -0.15) is 0 Å². The first kappa shape index (κ1) is 15.4. The number of nitrogens with one attached hydrogen (secondary N) is 1. The zero-order chi connectivity index (χ0) is 13.6. The average Bonchev–Trinajstić information content (AvgIpc) is 3.16. The van der Waals surface area contributed by atoms with Crippen LogP contribution in [0.1, 0.15) is 52.4 Å². The molecule has 1 rings (SSSR count). The van der Waals surface area contributed by atoms with Gasteiger partial charge in [-0.15, -0.1) is 0 Å². The van der Waals surface area contributed by atoms with Crippen LogP contribution in [-0.2, 0) is 4.79 Å². The van der Waals surface area contributed by atoms with Gasteiger partial charge in [0.1, 0.15) is 5.54 Å². The first-order valence-electron chi connectivity index (χ1n) is 7.20. The second kappa shape index (κ2) is 7.10. The summed E-state index contributed by atoms with van der Waals surface area (Å²) < 4.78 is 0. The van der Waals surface area contributed by atoms with E-state index in [0.717, 1.165) is 25.4 Å². The number of carboxylic acids is 1. The molecule has 1 aliphatic carbocycles. The van der Waals surface area contributed by atoms with Crippen LogP contribution in [0.25, 0.3) is 0 Å². The van der Waals surface area contributed by atoms with Gasteiger partial charge in [0.2, 0.25) is 0 Å². The molecule has 0 aliphatic heterocycles.